The number of hydrogen-bond acceptors (Lipinski definition) is 6. The molecule has 2 rings (SSSR count). The predicted molar refractivity (Wildman–Crippen MR) is 110 cm³/mol. The highest BCUT2D eigenvalue weighted by Crippen LogP contribution is 2.22. The van der Waals surface area contributed by atoms with Gasteiger partial charge in [-0.05, 0) is 11.1 Å². The van der Waals surface area contributed by atoms with Gasteiger partial charge in [0.15, 0.2) is 0 Å². The molecule has 0 aliphatic heterocycles. The molecule has 0 unspecified atom stereocenters. The maximum absolute atomic E-state index is 9.07. The Kier molecular flexibility index (Phi) is 11.5. The van der Waals surface area contributed by atoms with E-state index in [0.717, 1.165) is 11.1 Å². The van der Waals surface area contributed by atoms with Crippen molar-refractivity contribution in [2.75, 3.05) is 52.9 Å². The highest BCUT2D eigenvalue weighted by atomic mass is 16.5. The van der Waals surface area contributed by atoms with Crippen molar-refractivity contribution in [1.29, 1.82) is 0 Å². The Morgan fingerprint density at radius 2 is 0.931 bits per heavy atom. The maximum atomic E-state index is 9.07. The molecule has 0 aliphatic rings. The lowest BCUT2D eigenvalue weighted by Crippen LogP contribution is -2.42. The molecule has 2 N–H and O–H groups in total. The molecule has 0 spiro atoms. The smallest absolute Gasteiger partial charge is 0.0717 e. The van der Waals surface area contributed by atoms with Gasteiger partial charge in [-0.2, -0.15) is 0 Å². The molecule has 6 heteroatoms. The summed E-state index contributed by atoms with van der Waals surface area (Å²) in [6.45, 7) is 2.69. The Hall–Kier alpha value is -1.80. The molecule has 0 aliphatic carbocycles. The summed E-state index contributed by atoms with van der Waals surface area (Å²) in [5.41, 5.74) is 1.62. The Morgan fingerprint density at radius 3 is 1.31 bits per heavy atom. The van der Waals surface area contributed by atoms with Gasteiger partial charge in [-0.15, -0.1) is 0 Å². The minimum Gasteiger partial charge on any atom is -0.394 e. The zero-order chi connectivity index (χ0) is 20.6. The van der Waals surface area contributed by atoms with Crippen molar-refractivity contribution >= 4 is 0 Å². The van der Waals surface area contributed by atoms with Crippen LogP contribution in [0.3, 0.4) is 0 Å². The van der Waals surface area contributed by atoms with E-state index >= 15 is 0 Å². The highest BCUT2D eigenvalue weighted by molar-refractivity contribution is 5.14. The fourth-order valence-electron chi connectivity index (χ4n) is 2.88. The first kappa shape index (κ1) is 23.5. The summed E-state index contributed by atoms with van der Waals surface area (Å²) >= 11 is 0. The summed E-state index contributed by atoms with van der Waals surface area (Å²) in [7, 11) is 0. The van der Waals surface area contributed by atoms with Crippen LogP contribution in [0.25, 0.3) is 0 Å². The second-order valence-electron chi connectivity index (χ2n) is 7.01. The van der Waals surface area contributed by atoms with E-state index in [1.807, 2.05) is 60.7 Å². The third kappa shape index (κ3) is 9.49. The number of aliphatic hydroxyl groups excluding tert-OH is 2. The summed E-state index contributed by atoms with van der Waals surface area (Å²) in [6, 6.07) is 19.9. The molecule has 2 aromatic rings. The molecule has 29 heavy (non-hydrogen) atoms. The van der Waals surface area contributed by atoms with Gasteiger partial charge in [-0.1, -0.05) is 60.7 Å². The molecule has 0 fully saturated rings. The van der Waals surface area contributed by atoms with Crippen LogP contribution in [0.4, 0.5) is 0 Å². The van der Waals surface area contributed by atoms with E-state index < -0.39 is 5.41 Å². The van der Waals surface area contributed by atoms with Crippen LogP contribution in [0.1, 0.15) is 11.1 Å². The lowest BCUT2D eigenvalue weighted by molar-refractivity contribution is -0.116. The van der Waals surface area contributed by atoms with E-state index in [0.29, 0.717) is 39.6 Å². The number of ether oxygens (including phenoxy) is 4. The average molecular weight is 405 g/mol. The summed E-state index contributed by atoms with van der Waals surface area (Å²) in [5, 5.41) is 18.1. The normalized spacial score (nSPS) is 11.7. The molecule has 0 amide bonds. The molecule has 0 atom stereocenters. The average Bonchev–Trinajstić information content (AvgIpc) is 2.76. The SMILES string of the molecule is OCCOCC(COCCO)(COCc1ccccc1)COCc1ccccc1. The van der Waals surface area contributed by atoms with E-state index in [2.05, 4.69) is 0 Å². The van der Waals surface area contributed by atoms with E-state index in [9.17, 15) is 0 Å². The number of rotatable bonds is 16. The van der Waals surface area contributed by atoms with Gasteiger partial charge in [0.1, 0.15) is 0 Å². The number of benzene rings is 2. The lowest BCUT2D eigenvalue weighted by atomic mass is 9.92. The van der Waals surface area contributed by atoms with Gasteiger partial charge in [0, 0.05) is 0 Å². The van der Waals surface area contributed by atoms with Gasteiger partial charge in [-0.25, -0.2) is 0 Å². The second-order valence-corrected chi connectivity index (χ2v) is 7.01. The minimum atomic E-state index is -0.548. The molecule has 0 saturated heterocycles. The first-order valence-corrected chi connectivity index (χ1v) is 9.88. The van der Waals surface area contributed by atoms with E-state index in [-0.39, 0.29) is 26.4 Å². The van der Waals surface area contributed by atoms with Crippen LogP contribution >= 0.6 is 0 Å². The molecule has 0 heterocycles. The van der Waals surface area contributed by atoms with Crippen molar-refractivity contribution in [3.05, 3.63) is 71.8 Å². The van der Waals surface area contributed by atoms with Crippen LogP contribution in [-0.2, 0) is 32.2 Å². The molecular formula is C23H32O6. The zero-order valence-electron chi connectivity index (χ0n) is 16.9. The molecule has 2 aromatic carbocycles. The van der Waals surface area contributed by atoms with E-state index in [1.54, 1.807) is 0 Å². The topological polar surface area (TPSA) is 77.4 Å². The molecule has 0 radical (unpaired) electrons. The summed E-state index contributed by atoms with van der Waals surface area (Å²) in [6.07, 6.45) is 0. The summed E-state index contributed by atoms with van der Waals surface area (Å²) < 4.78 is 23.2. The minimum absolute atomic E-state index is 0.0523. The quantitative estimate of drug-likeness (QED) is 0.419. The van der Waals surface area contributed by atoms with Crippen LogP contribution < -0.4 is 0 Å². The molecular weight excluding hydrogens is 372 g/mol. The predicted octanol–water partition coefficient (Wildman–Crippen LogP) is 2.42. The molecule has 0 saturated carbocycles. The number of hydrogen-bond donors (Lipinski definition) is 2. The third-order valence-corrected chi connectivity index (χ3v) is 4.33. The Balaban J connectivity index is 1.98. The van der Waals surface area contributed by atoms with Crippen molar-refractivity contribution in [2.45, 2.75) is 13.2 Å². The van der Waals surface area contributed by atoms with Crippen molar-refractivity contribution in [3.63, 3.8) is 0 Å². The monoisotopic (exact) mass is 404 g/mol. The van der Waals surface area contributed by atoms with Gasteiger partial charge < -0.3 is 29.2 Å². The summed E-state index contributed by atoms with van der Waals surface area (Å²) in [4.78, 5) is 0. The van der Waals surface area contributed by atoms with E-state index in [4.69, 9.17) is 29.2 Å². The van der Waals surface area contributed by atoms with Gasteiger partial charge >= 0.3 is 0 Å². The highest BCUT2D eigenvalue weighted by Gasteiger charge is 2.32. The molecule has 0 bridgehead atoms. The van der Waals surface area contributed by atoms with Crippen LogP contribution in [0.2, 0.25) is 0 Å². The van der Waals surface area contributed by atoms with Crippen LogP contribution in [0.5, 0.6) is 0 Å². The number of aliphatic hydroxyl groups is 2. The van der Waals surface area contributed by atoms with Crippen molar-refractivity contribution in [1.82, 2.24) is 0 Å². The van der Waals surface area contributed by atoms with Gasteiger partial charge in [0.2, 0.25) is 0 Å². The Bertz CT molecular complexity index is 577. The molecule has 160 valence electrons. The van der Waals surface area contributed by atoms with Gasteiger partial charge in [0.05, 0.1) is 71.5 Å². The standard InChI is InChI=1S/C23H32O6/c24-11-13-26-17-23(18-27-14-12-25,19-28-15-21-7-3-1-4-8-21)20-29-16-22-9-5-2-6-10-22/h1-10,24-25H,11-20H2. The van der Waals surface area contributed by atoms with Gasteiger partial charge in [0.25, 0.3) is 0 Å². The fourth-order valence-corrected chi connectivity index (χ4v) is 2.88. The zero-order valence-corrected chi connectivity index (χ0v) is 16.9. The van der Waals surface area contributed by atoms with Crippen LogP contribution in [0, 0.1) is 5.41 Å². The Labute approximate surface area is 173 Å². The maximum Gasteiger partial charge on any atom is 0.0717 e. The fraction of sp³-hybridized carbons (Fsp3) is 0.478. The first-order chi connectivity index (χ1) is 14.3. The van der Waals surface area contributed by atoms with Crippen LogP contribution in [0.15, 0.2) is 60.7 Å². The van der Waals surface area contributed by atoms with Crippen molar-refractivity contribution in [2.24, 2.45) is 5.41 Å². The third-order valence-electron chi connectivity index (χ3n) is 4.33. The largest absolute Gasteiger partial charge is 0.394 e. The van der Waals surface area contributed by atoms with Crippen molar-refractivity contribution < 1.29 is 29.2 Å². The lowest BCUT2D eigenvalue weighted by Gasteiger charge is -2.33. The molecule has 0 aromatic heterocycles. The molecule has 6 nitrogen and oxygen atoms in total. The first-order valence-electron chi connectivity index (χ1n) is 9.88. The van der Waals surface area contributed by atoms with Gasteiger partial charge in [-0.3, -0.25) is 0 Å². The summed E-state index contributed by atoms with van der Waals surface area (Å²) in [5.74, 6) is 0. The van der Waals surface area contributed by atoms with E-state index in [1.165, 1.54) is 0 Å². The van der Waals surface area contributed by atoms with Crippen LogP contribution in [-0.4, -0.2) is 63.1 Å². The second kappa shape index (κ2) is 14.2. The van der Waals surface area contributed by atoms with Crippen molar-refractivity contribution in [3.8, 4) is 0 Å². The Morgan fingerprint density at radius 1 is 0.552 bits per heavy atom.